The van der Waals surface area contributed by atoms with Crippen molar-refractivity contribution < 1.29 is 4.74 Å². The molecule has 2 nitrogen and oxygen atoms in total. The minimum absolute atomic E-state index is 0.660. The number of ether oxygens (including phenoxy) is 1. The molecule has 0 spiro atoms. The van der Waals surface area contributed by atoms with Crippen molar-refractivity contribution in [3.8, 4) is 0 Å². The Kier molecular flexibility index (Phi) is 4.99. The fourth-order valence-corrected chi connectivity index (χ4v) is 1.93. The Hall–Kier alpha value is -1.80. The molecule has 0 amide bonds. The van der Waals surface area contributed by atoms with Crippen LogP contribution in [-0.4, -0.2) is 6.61 Å². The second-order valence-electron chi connectivity index (χ2n) is 4.63. The molecular weight excluding hydrogens is 234 g/mol. The van der Waals surface area contributed by atoms with Crippen LogP contribution < -0.4 is 5.32 Å². The van der Waals surface area contributed by atoms with Crippen molar-refractivity contribution >= 4 is 5.69 Å². The quantitative estimate of drug-likeness (QED) is 0.837. The lowest BCUT2D eigenvalue weighted by molar-refractivity contribution is 0.134. The van der Waals surface area contributed by atoms with Crippen LogP contribution in [0.25, 0.3) is 0 Å². The van der Waals surface area contributed by atoms with Crippen LogP contribution in [0.15, 0.2) is 48.5 Å². The van der Waals surface area contributed by atoms with Gasteiger partial charge in [0.15, 0.2) is 0 Å². The van der Waals surface area contributed by atoms with E-state index < -0.39 is 0 Å². The Morgan fingerprint density at radius 3 is 2.47 bits per heavy atom. The molecule has 0 aromatic heterocycles. The maximum Gasteiger partial charge on any atom is 0.0736 e. The van der Waals surface area contributed by atoms with E-state index in [1.807, 2.05) is 19.1 Å². The molecule has 0 fully saturated rings. The molecule has 0 aliphatic heterocycles. The third kappa shape index (κ3) is 4.11. The van der Waals surface area contributed by atoms with Crippen molar-refractivity contribution in [2.75, 3.05) is 11.9 Å². The Morgan fingerprint density at radius 2 is 1.74 bits per heavy atom. The van der Waals surface area contributed by atoms with Crippen LogP contribution in [-0.2, 0) is 17.9 Å². The molecule has 1 N–H and O–H groups in total. The molecule has 0 unspecified atom stereocenters. The first-order chi connectivity index (χ1) is 9.29. The number of hydrogen-bond donors (Lipinski definition) is 1. The Morgan fingerprint density at radius 1 is 1.00 bits per heavy atom. The van der Waals surface area contributed by atoms with Crippen molar-refractivity contribution in [2.24, 2.45) is 0 Å². The van der Waals surface area contributed by atoms with Gasteiger partial charge in [0.1, 0.15) is 0 Å². The summed E-state index contributed by atoms with van der Waals surface area (Å²) in [5.41, 5.74) is 4.94. The van der Waals surface area contributed by atoms with Crippen molar-refractivity contribution in [3.05, 3.63) is 65.2 Å². The van der Waals surface area contributed by atoms with E-state index in [-0.39, 0.29) is 0 Å². The van der Waals surface area contributed by atoms with Crippen LogP contribution in [0.1, 0.15) is 23.6 Å². The van der Waals surface area contributed by atoms with Gasteiger partial charge in [0, 0.05) is 24.4 Å². The molecule has 2 aromatic carbocycles. The number of benzene rings is 2. The predicted molar refractivity (Wildman–Crippen MR) is 80.3 cm³/mol. The predicted octanol–water partition coefficient (Wildman–Crippen LogP) is 4.14. The molecule has 0 saturated heterocycles. The number of anilines is 1. The summed E-state index contributed by atoms with van der Waals surface area (Å²) in [7, 11) is 0. The summed E-state index contributed by atoms with van der Waals surface area (Å²) < 4.78 is 5.49. The van der Waals surface area contributed by atoms with Gasteiger partial charge in [0.25, 0.3) is 0 Å². The molecular formula is C17H21NO. The SMILES string of the molecule is CCOCc1ccccc1NCc1ccc(C)cc1. The lowest BCUT2D eigenvalue weighted by atomic mass is 10.1. The van der Waals surface area contributed by atoms with Gasteiger partial charge in [-0.25, -0.2) is 0 Å². The molecule has 0 aliphatic carbocycles. The van der Waals surface area contributed by atoms with E-state index in [1.54, 1.807) is 0 Å². The number of para-hydroxylation sites is 1. The highest BCUT2D eigenvalue weighted by molar-refractivity contribution is 5.51. The highest BCUT2D eigenvalue weighted by Crippen LogP contribution is 2.17. The Labute approximate surface area is 115 Å². The standard InChI is InChI=1S/C17H21NO/c1-3-19-13-16-6-4-5-7-17(16)18-12-15-10-8-14(2)9-11-15/h4-11,18H,3,12-13H2,1-2H3. The van der Waals surface area contributed by atoms with E-state index >= 15 is 0 Å². The molecule has 100 valence electrons. The van der Waals surface area contributed by atoms with Gasteiger partial charge in [-0.1, -0.05) is 48.0 Å². The van der Waals surface area contributed by atoms with Gasteiger partial charge in [-0.3, -0.25) is 0 Å². The molecule has 19 heavy (non-hydrogen) atoms. The smallest absolute Gasteiger partial charge is 0.0736 e. The summed E-state index contributed by atoms with van der Waals surface area (Å²) in [5.74, 6) is 0. The van der Waals surface area contributed by atoms with E-state index in [2.05, 4.69) is 48.6 Å². The number of hydrogen-bond acceptors (Lipinski definition) is 2. The van der Waals surface area contributed by atoms with Gasteiger partial charge in [-0.15, -0.1) is 0 Å². The maximum atomic E-state index is 5.49. The molecule has 2 aromatic rings. The summed E-state index contributed by atoms with van der Waals surface area (Å²) in [6.45, 7) is 6.36. The molecule has 0 bridgehead atoms. The van der Waals surface area contributed by atoms with Gasteiger partial charge < -0.3 is 10.1 Å². The first-order valence-corrected chi connectivity index (χ1v) is 6.74. The largest absolute Gasteiger partial charge is 0.381 e. The van der Waals surface area contributed by atoms with Crippen molar-refractivity contribution in [1.29, 1.82) is 0 Å². The van der Waals surface area contributed by atoms with Crippen LogP contribution >= 0.6 is 0 Å². The molecule has 0 aliphatic rings. The first-order valence-electron chi connectivity index (χ1n) is 6.74. The van der Waals surface area contributed by atoms with E-state index in [9.17, 15) is 0 Å². The van der Waals surface area contributed by atoms with E-state index in [0.29, 0.717) is 6.61 Å². The van der Waals surface area contributed by atoms with Crippen molar-refractivity contribution in [3.63, 3.8) is 0 Å². The maximum absolute atomic E-state index is 5.49. The van der Waals surface area contributed by atoms with E-state index in [1.165, 1.54) is 16.7 Å². The minimum atomic E-state index is 0.660. The highest BCUT2D eigenvalue weighted by Gasteiger charge is 2.01. The zero-order valence-corrected chi connectivity index (χ0v) is 11.6. The lowest BCUT2D eigenvalue weighted by Gasteiger charge is -2.12. The third-order valence-electron chi connectivity index (χ3n) is 3.08. The number of aryl methyl sites for hydroxylation is 1. The molecule has 0 radical (unpaired) electrons. The van der Waals surface area contributed by atoms with Gasteiger partial charge in [0.05, 0.1) is 6.61 Å². The fourth-order valence-electron chi connectivity index (χ4n) is 1.93. The van der Waals surface area contributed by atoms with Gasteiger partial charge in [-0.05, 0) is 25.5 Å². The van der Waals surface area contributed by atoms with Crippen LogP contribution in [0.4, 0.5) is 5.69 Å². The summed E-state index contributed by atoms with van der Waals surface area (Å²) in [5, 5.41) is 3.48. The molecule has 2 rings (SSSR count). The normalized spacial score (nSPS) is 10.4. The van der Waals surface area contributed by atoms with Gasteiger partial charge >= 0.3 is 0 Å². The summed E-state index contributed by atoms with van der Waals surface area (Å²) >= 11 is 0. The first kappa shape index (κ1) is 13.6. The summed E-state index contributed by atoms with van der Waals surface area (Å²) in [6.07, 6.45) is 0. The zero-order valence-electron chi connectivity index (χ0n) is 11.6. The average Bonchev–Trinajstić information content (AvgIpc) is 2.45. The highest BCUT2D eigenvalue weighted by atomic mass is 16.5. The van der Waals surface area contributed by atoms with E-state index in [4.69, 9.17) is 4.74 Å². The topological polar surface area (TPSA) is 21.3 Å². The van der Waals surface area contributed by atoms with Crippen LogP contribution in [0.3, 0.4) is 0 Å². The monoisotopic (exact) mass is 255 g/mol. The zero-order chi connectivity index (χ0) is 13.5. The summed E-state index contributed by atoms with van der Waals surface area (Å²) in [6, 6.07) is 16.9. The Balaban J connectivity index is 2.00. The molecule has 0 heterocycles. The van der Waals surface area contributed by atoms with Crippen molar-refractivity contribution in [2.45, 2.75) is 27.0 Å². The fraction of sp³-hybridized carbons (Fsp3) is 0.294. The van der Waals surface area contributed by atoms with Crippen LogP contribution in [0, 0.1) is 6.92 Å². The van der Waals surface area contributed by atoms with Gasteiger partial charge in [0.2, 0.25) is 0 Å². The number of rotatable bonds is 6. The second kappa shape index (κ2) is 6.95. The van der Waals surface area contributed by atoms with Crippen molar-refractivity contribution in [1.82, 2.24) is 0 Å². The lowest BCUT2D eigenvalue weighted by Crippen LogP contribution is -2.03. The molecule has 0 atom stereocenters. The van der Waals surface area contributed by atoms with Crippen LogP contribution in [0.5, 0.6) is 0 Å². The van der Waals surface area contributed by atoms with Gasteiger partial charge in [-0.2, -0.15) is 0 Å². The van der Waals surface area contributed by atoms with Crippen LogP contribution in [0.2, 0.25) is 0 Å². The molecule has 2 heteroatoms. The third-order valence-corrected chi connectivity index (χ3v) is 3.08. The second-order valence-corrected chi connectivity index (χ2v) is 4.63. The average molecular weight is 255 g/mol. The van der Waals surface area contributed by atoms with E-state index in [0.717, 1.165) is 18.8 Å². The summed E-state index contributed by atoms with van der Waals surface area (Å²) in [4.78, 5) is 0. The molecule has 0 saturated carbocycles. The Bertz CT molecular complexity index is 505. The minimum Gasteiger partial charge on any atom is -0.381 e. The number of nitrogens with one attached hydrogen (secondary N) is 1.